The molecular weight excluding hydrogens is 336 g/mol. The van der Waals surface area contributed by atoms with Gasteiger partial charge in [-0.25, -0.2) is 4.79 Å². The van der Waals surface area contributed by atoms with Crippen LogP contribution in [0.2, 0.25) is 36.3 Å². The van der Waals surface area contributed by atoms with Gasteiger partial charge in [0.25, 0.3) is 0 Å². The van der Waals surface area contributed by atoms with Gasteiger partial charge in [-0.2, -0.15) is 0 Å². The molecule has 1 aromatic rings. The van der Waals surface area contributed by atoms with Crippen molar-refractivity contribution < 1.29 is 13.3 Å². The van der Waals surface area contributed by atoms with Crippen LogP contribution in [0.1, 0.15) is 47.3 Å². The van der Waals surface area contributed by atoms with Crippen molar-refractivity contribution in [1.82, 2.24) is 0 Å². The maximum Gasteiger partial charge on any atom is 0.339 e. The Bertz CT molecular complexity index is 619. The fourth-order valence-corrected chi connectivity index (χ4v) is 3.50. The Kier molecular flexibility index (Phi) is 6.01. The lowest BCUT2D eigenvalue weighted by Gasteiger charge is -2.36. The zero-order valence-corrected chi connectivity index (χ0v) is 19.0. The van der Waals surface area contributed by atoms with Gasteiger partial charge in [0.2, 0.25) is 8.32 Å². The predicted octanol–water partition coefficient (Wildman–Crippen LogP) is 5.55. The molecule has 24 heavy (non-hydrogen) atoms. The smallest absolute Gasteiger partial charge is 0.339 e. The Morgan fingerprint density at radius 2 is 1.42 bits per heavy atom. The average Bonchev–Trinajstić information content (AvgIpc) is 2.32. The molecule has 0 amide bonds. The van der Waals surface area contributed by atoms with Crippen molar-refractivity contribution in [3.63, 3.8) is 0 Å². The minimum Gasteiger partial charge on any atom is -0.543 e. The summed E-state index contributed by atoms with van der Waals surface area (Å²) in [6.07, 6.45) is 0. The highest BCUT2D eigenvalue weighted by Crippen LogP contribution is 2.38. The summed E-state index contributed by atoms with van der Waals surface area (Å²) in [6, 6.07) is 3.23. The van der Waals surface area contributed by atoms with Crippen LogP contribution in [0, 0.1) is 0 Å². The normalized spacial score (nSPS) is 13.9. The Morgan fingerprint density at radius 1 is 0.917 bits per heavy atom. The molecule has 1 heterocycles. The molecule has 0 N–H and O–H groups in total. The highest BCUT2D eigenvalue weighted by Gasteiger charge is 2.39. The maximum absolute atomic E-state index is 11.9. The van der Waals surface area contributed by atoms with Crippen LogP contribution in [0.5, 0.6) is 5.75 Å². The van der Waals surface area contributed by atoms with Gasteiger partial charge in [0.15, 0.2) is 8.32 Å². The van der Waals surface area contributed by atoms with Crippen molar-refractivity contribution in [3.05, 3.63) is 28.3 Å². The van der Waals surface area contributed by atoms with E-state index in [-0.39, 0.29) is 15.7 Å². The Hall–Kier alpha value is -0.856. The van der Waals surface area contributed by atoms with Gasteiger partial charge in [0.05, 0.1) is 12.7 Å². The molecule has 6 heteroatoms. The molecule has 0 unspecified atom stereocenters. The Balaban J connectivity index is 2.98. The fourth-order valence-electron chi connectivity index (χ4n) is 1.55. The van der Waals surface area contributed by atoms with Crippen molar-refractivity contribution in [2.24, 2.45) is 0 Å². The van der Waals surface area contributed by atoms with Crippen LogP contribution in [0.15, 0.2) is 21.3 Å². The molecule has 0 radical (unpaired) electrons. The quantitative estimate of drug-likeness (QED) is 0.638. The van der Waals surface area contributed by atoms with Crippen LogP contribution in [0.25, 0.3) is 0 Å². The van der Waals surface area contributed by atoms with E-state index in [1.165, 1.54) is 6.07 Å². The van der Waals surface area contributed by atoms with Crippen molar-refractivity contribution in [2.45, 2.75) is 84.4 Å². The van der Waals surface area contributed by atoms with E-state index in [9.17, 15) is 4.79 Å². The van der Waals surface area contributed by atoms with Gasteiger partial charge in [0.1, 0.15) is 11.5 Å². The van der Waals surface area contributed by atoms with Crippen molar-refractivity contribution in [2.75, 3.05) is 0 Å². The molecular formula is C18H34O4Si2. The van der Waals surface area contributed by atoms with Gasteiger partial charge < -0.3 is 13.3 Å². The standard InChI is InChI=1S/C18H34O4Si2/c1-17(2,3)23(7,8)20-13-15-11-14(12-16(19)21-15)22-24(9,10)18(4,5)6/h11-12H,13H2,1-10H3. The summed E-state index contributed by atoms with van der Waals surface area (Å²) in [5, 5.41) is 0.184. The van der Waals surface area contributed by atoms with Gasteiger partial charge in [-0.3, -0.25) is 0 Å². The van der Waals surface area contributed by atoms with E-state index in [2.05, 4.69) is 67.7 Å². The predicted molar refractivity (Wildman–Crippen MR) is 105 cm³/mol. The van der Waals surface area contributed by atoms with Crippen LogP contribution in [-0.2, 0) is 11.0 Å². The highest BCUT2D eigenvalue weighted by molar-refractivity contribution is 6.75. The first-order valence-electron chi connectivity index (χ1n) is 8.52. The van der Waals surface area contributed by atoms with Crippen LogP contribution < -0.4 is 10.1 Å². The lowest BCUT2D eigenvalue weighted by molar-refractivity contribution is 0.238. The van der Waals surface area contributed by atoms with E-state index in [1.807, 2.05) is 0 Å². The van der Waals surface area contributed by atoms with Crippen LogP contribution in [0.3, 0.4) is 0 Å². The maximum atomic E-state index is 11.9. The minimum absolute atomic E-state index is 0.0703. The molecule has 1 rings (SSSR count). The van der Waals surface area contributed by atoms with Crippen molar-refractivity contribution in [3.8, 4) is 5.75 Å². The number of rotatable bonds is 5. The SMILES string of the molecule is CC(C)(C)[Si](C)(C)OCc1cc(O[Si](C)(C)C(C)(C)C)cc(=O)o1. The summed E-state index contributed by atoms with van der Waals surface area (Å²) >= 11 is 0. The van der Waals surface area contributed by atoms with E-state index in [4.69, 9.17) is 13.3 Å². The largest absolute Gasteiger partial charge is 0.543 e. The molecule has 0 aliphatic carbocycles. The van der Waals surface area contributed by atoms with Crippen molar-refractivity contribution >= 4 is 16.6 Å². The van der Waals surface area contributed by atoms with Crippen LogP contribution >= 0.6 is 0 Å². The van der Waals surface area contributed by atoms with Gasteiger partial charge >= 0.3 is 5.63 Å². The molecule has 138 valence electrons. The molecule has 4 nitrogen and oxygen atoms in total. The van der Waals surface area contributed by atoms with Gasteiger partial charge in [-0.1, -0.05) is 41.5 Å². The summed E-state index contributed by atoms with van der Waals surface area (Å²) < 4.78 is 17.7. The zero-order valence-electron chi connectivity index (χ0n) is 17.0. The Morgan fingerprint density at radius 3 is 1.88 bits per heavy atom. The van der Waals surface area contributed by atoms with Crippen molar-refractivity contribution in [1.29, 1.82) is 0 Å². The average molecular weight is 371 g/mol. The van der Waals surface area contributed by atoms with E-state index < -0.39 is 16.6 Å². The third kappa shape index (κ3) is 5.32. The topological polar surface area (TPSA) is 48.7 Å². The molecule has 0 fully saturated rings. The first kappa shape index (κ1) is 21.2. The van der Waals surface area contributed by atoms with Crippen LogP contribution in [0.4, 0.5) is 0 Å². The van der Waals surface area contributed by atoms with E-state index in [0.717, 1.165) is 0 Å². The van der Waals surface area contributed by atoms with Gasteiger partial charge in [-0.05, 0) is 36.3 Å². The second-order valence-corrected chi connectivity index (χ2v) is 19.0. The summed E-state index contributed by atoms with van der Waals surface area (Å²) in [7, 11) is -3.89. The third-order valence-electron chi connectivity index (χ3n) is 5.36. The molecule has 0 spiro atoms. The van der Waals surface area contributed by atoms with E-state index in [0.29, 0.717) is 18.1 Å². The zero-order chi connectivity index (χ0) is 19.0. The fraction of sp³-hybridized carbons (Fsp3) is 0.722. The van der Waals surface area contributed by atoms with E-state index in [1.54, 1.807) is 6.07 Å². The van der Waals surface area contributed by atoms with Gasteiger partial charge in [0, 0.05) is 6.07 Å². The molecule has 0 aliphatic rings. The lowest BCUT2D eigenvalue weighted by Crippen LogP contribution is -2.44. The molecule has 0 saturated heterocycles. The number of hydrogen-bond donors (Lipinski definition) is 0. The van der Waals surface area contributed by atoms with Gasteiger partial charge in [-0.15, -0.1) is 0 Å². The second-order valence-electron chi connectivity index (χ2n) is 9.49. The molecule has 0 bridgehead atoms. The third-order valence-corrected chi connectivity index (χ3v) is 14.2. The molecule has 1 aromatic heterocycles. The molecule has 0 saturated carbocycles. The monoisotopic (exact) mass is 370 g/mol. The molecule has 0 atom stereocenters. The van der Waals surface area contributed by atoms with E-state index >= 15 is 0 Å². The summed E-state index contributed by atoms with van der Waals surface area (Å²) in [4.78, 5) is 11.9. The summed E-state index contributed by atoms with van der Waals surface area (Å²) in [5.74, 6) is 1.12. The number of hydrogen-bond acceptors (Lipinski definition) is 4. The first-order valence-corrected chi connectivity index (χ1v) is 14.3. The summed E-state index contributed by atoms with van der Waals surface area (Å²) in [5.41, 5.74) is -0.389. The molecule has 0 aliphatic heterocycles. The Labute approximate surface area is 148 Å². The first-order chi connectivity index (χ1) is 10.6. The highest BCUT2D eigenvalue weighted by atomic mass is 28.4. The van der Waals surface area contributed by atoms with Crippen LogP contribution in [-0.4, -0.2) is 16.6 Å². The summed E-state index contributed by atoms with van der Waals surface area (Å²) in [6.45, 7) is 22.1. The lowest BCUT2D eigenvalue weighted by atomic mass is 10.2. The minimum atomic E-state index is -1.99. The molecule has 0 aromatic carbocycles. The second kappa shape index (κ2) is 6.80.